The Kier molecular flexibility index (Phi) is 3.83. The number of rotatable bonds is 3. The largest absolute Gasteiger partial charge is 0.390 e. The molecular weight excluding hydrogens is 142 g/mol. The summed E-state index contributed by atoms with van der Waals surface area (Å²) in [5, 5.41) is 12.7. The molecule has 66 valence electrons. The maximum atomic E-state index is 9.51. The lowest BCUT2D eigenvalue weighted by Crippen LogP contribution is -2.45. The fraction of sp³-hybridized carbons (Fsp3) is 1.00. The van der Waals surface area contributed by atoms with Gasteiger partial charge in [-0.05, 0) is 6.42 Å². The number of aliphatic hydroxyl groups excluding tert-OH is 1. The first-order valence-electron chi connectivity index (χ1n) is 4.35. The predicted octanol–water partition coefficient (Wildman–Crippen LogP) is 0.136. The molecule has 0 aliphatic carbocycles. The van der Waals surface area contributed by atoms with E-state index >= 15 is 0 Å². The monoisotopic (exact) mass is 159 g/mol. The van der Waals surface area contributed by atoms with E-state index in [-0.39, 0.29) is 12.2 Å². The Balaban J connectivity index is 2.21. The van der Waals surface area contributed by atoms with Gasteiger partial charge in [-0.3, -0.25) is 0 Å². The van der Waals surface area contributed by atoms with Crippen LogP contribution in [0.2, 0.25) is 0 Å². The summed E-state index contributed by atoms with van der Waals surface area (Å²) in [7, 11) is 0. The van der Waals surface area contributed by atoms with Crippen LogP contribution in [0.15, 0.2) is 0 Å². The normalized spacial score (nSPS) is 28.4. The van der Waals surface area contributed by atoms with Crippen LogP contribution >= 0.6 is 0 Å². The van der Waals surface area contributed by atoms with Crippen LogP contribution in [0.25, 0.3) is 0 Å². The van der Waals surface area contributed by atoms with E-state index in [1.165, 1.54) is 0 Å². The summed E-state index contributed by atoms with van der Waals surface area (Å²) in [6.45, 7) is 4.50. The Labute approximate surface area is 67.7 Å². The van der Waals surface area contributed by atoms with Gasteiger partial charge in [0.15, 0.2) is 0 Å². The second kappa shape index (κ2) is 4.70. The average molecular weight is 159 g/mol. The van der Waals surface area contributed by atoms with E-state index < -0.39 is 0 Å². The van der Waals surface area contributed by atoms with Gasteiger partial charge in [-0.15, -0.1) is 0 Å². The standard InChI is InChI=1S/C8H17NO2/c1-2-3-7(10)8-6-9-4-5-11-8/h7-10H,2-6H2,1H3. The van der Waals surface area contributed by atoms with Crippen molar-refractivity contribution in [3.05, 3.63) is 0 Å². The topological polar surface area (TPSA) is 41.5 Å². The zero-order valence-corrected chi connectivity index (χ0v) is 7.05. The van der Waals surface area contributed by atoms with Gasteiger partial charge in [0.05, 0.1) is 18.8 Å². The maximum Gasteiger partial charge on any atom is 0.0958 e. The van der Waals surface area contributed by atoms with Crippen LogP contribution in [0.3, 0.4) is 0 Å². The van der Waals surface area contributed by atoms with Crippen molar-refractivity contribution >= 4 is 0 Å². The molecule has 0 bridgehead atoms. The van der Waals surface area contributed by atoms with Crippen molar-refractivity contribution in [3.63, 3.8) is 0 Å². The molecule has 0 radical (unpaired) electrons. The molecule has 11 heavy (non-hydrogen) atoms. The van der Waals surface area contributed by atoms with E-state index in [1.807, 2.05) is 0 Å². The first kappa shape index (κ1) is 8.97. The summed E-state index contributed by atoms with van der Waals surface area (Å²) in [5.74, 6) is 0. The Morgan fingerprint density at radius 1 is 1.73 bits per heavy atom. The minimum absolute atomic E-state index is 0.0173. The second-order valence-electron chi connectivity index (χ2n) is 2.97. The fourth-order valence-electron chi connectivity index (χ4n) is 1.31. The van der Waals surface area contributed by atoms with Gasteiger partial charge in [0.2, 0.25) is 0 Å². The molecule has 0 aromatic rings. The van der Waals surface area contributed by atoms with Crippen molar-refractivity contribution in [2.24, 2.45) is 0 Å². The van der Waals surface area contributed by atoms with Crippen LogP contribution < -0.4 is 5.32 Å². The van der Waals surface area contributed by atoms with Crippen molar-refractivity contribution in [2.75, 3.05) is 19.7 Å². The smallest absolute Gasteiger partial charge is 0.0958 e. The molecule has 1 fully saturated rings. The van der Waals surface area contributed by atoms with Crippen LogP contribution in [0.1, 0.15) is 19.8 Å². The molecule has 1 rings (SSSR count). The van der Waals surface area contributed by atoms with E-state index in [4.69, 9.17) is 4.74 Å². The Morgan fingerprint density at radius 3 is 3.09 bits per heavy atom. The van der Waals surface area contributed by atoms with Crippen LogP contribution in [-0.2, 0) is 4.74 Å². The zero-order chi connectivity index (χ0) is 8.10. The summed E-state index contributed by atoms with van der Waals surface area (Å²) in [6, 6.07) is 0. The third-order valence-electron chi connectivity index (χ3n) is 1.97. The molecule has 0 saturated carbocycles. The SMILES string of the molecule is CCCC(O)C1CNCCO1. The molecule has 0 amide bonds. The van der Waals surface area contributed by atoms with Crippen molar-refractivity contribution in [2.45, 2.75) is 32.0 Å². The van der Waals surface area contributed by atoms with Gasteiger partial charge in [0.25, 0.3) is 0 Å². The van der Waals surface area contributed by atoms with E-state index in [0.717, 1.165) is 32.5 Å². The van der Waals surface area contributed by atoms with Gasteiger partial charge in [0.1, 0.15) is 0 Å². The summed E-state index contributed by atoms with van der Waals surface area (Å²) in [6.07, 6.45) is 1.59. The quantitative estimate of drug-likeness (QED) is 0.615. The molecular formula is C8H17NO2. The number of nitrogens with one attached hydrogen (secondary N) is 1. The van der Waals surface area contributed by atoms with Crippen molar-refractivity contribution in [3.8, 4) is 0 Å². The number of hydrogen-bond donors (Lipinski definition) is 2. The first-order valence-corrected chi connectivity index (χ1v) is 4.35. The second-order valence-corrected chi connectivity index (χ2v) is 2.97. The van der Waals surface area contributed by atoms with Crippen LogP contribution in [0.4, 0.5) is 0 Å². The molecule has 2 unspecified atom stereocenters. The van der Waals surface area contributed by atoms with Gasteiger partial charge in [-0.2, -0.15) is 0 Å². The number of ether oxygens (including phenoxy) is 1. The molecule has 2 N–H and O–H groups in total. The van der Waals surface area contributed by atoms with E-state index in [2.05, 4.69) is 12.2 Å². The minimum atomic E-state index is -0.284. The van der Waals surface area contributed by atoms with Crippen molar-refractivity contribution in [1.82, 2.24) is 5.32 Å². The van der Waals surface area contributed by atoms with Gasteiger partial charge >= 0.3 is 0 Å². The van der Waals surface area contributed by atoms with Gasteiger partial charge in [0, 0.05) is 13.1 Å². The highest BCUT2D eigenvalue weighted by atomic mass is 16.5. The highest BCUT2D eigenvalue weighted by Crippen LogP contribution is 2.07. The van der Waals surface area contributed by atoms with Gasteiger partial charge in [-0.1, -0.05) is 13.3 Å². The highest BCUT2D eigenvalue weighted by molar-refractivity contribution is 4.74. The highest BCUT2D eigenvalue weighted by Gasteiger charge is 2.20. The molecule has 1 aliphatic rings. The number of aliphatic hydroxyl groups is 1. The Bertz CT molecular complexity index is 102. The minimum Gasteiger partial charge on any atom is -0.390 e. The summed E-state index contributed by atoms with van der Waals surface area (Å²) >= 11 is 0. The number of hydrogen-bond acceptors (Lipinski definition) is 3. The molecule has 0 aromatic heterocycles. The molecule has 1 aliphatic heterocycles. The summed E-state index contributed by atoms with van der Waals surface area (Å²) < 4.78 is 5.38. The summed E-state index contributed by atoms with van der Waals surface area (Å²) in [5.41, 5.74) is 0. The molecule has 3 heteroatoms. The molecule has 0 aromatic carbocycles. The Morgan fingerprint density at radius 2 is 2.55 bits per heavy atom. The fourth-order valence-corrected chi connectivity index (χ4v) is 1.31. The lowest BCUT2D eigenvalue weighted by Gasteiger charge is -2.27. The van der Waals surface area contributed by atoms with Crippen molar-refractivity contribution in [1.29, 1.82) is 0 Å². The zero-order valence-electron chi connectivity index (χ0n) is 7.05. The van der Waals surface area contributed by atoms with Crippen molar-refractivity contribution < 1.29 is 9.84 Å². The van der Waals surface area contributed by atoms with Crippen LogP contribution in [0, 0.1) is 0 Å². The van der Waals surface area contributed by atoms with Gasteiger partial charge in [-0.25, -0.2) is 0 Å². The molecule has 0 spiro atoms. The lowest BCUT2D eigenvalue weighted by molar-refractivity contribution is -0.0548. The Hall–Kier alpha value is -0.120. The first-order chi connectivity index (χ1) is 5.34. The molecule has 2 atom stereocenters. The molecule has 1 heterocycles. The van der Waals surface area contributed by atoms with Crippen LogP contribution in [-0.4, -0.2) is 37.0 Å². The summed E-state index contributed by atoms with van der Waals surface area (Å²) in [4.78, 5) is 0. The van der Waals surface area contributed by atoms with Gasteiger partial charge < -0.3 is 15.2 Å². The number of morpholine rings is 1. The maximum absolute atomic E-state index is 9.51. The predicted molar refractivity (Wildman–Crippen MR) is 43.5 cm³/mol. The third kappa shape index (κ3) is 2.77. The third-order valence-corrected chi connectivity index (χ3v) is 1.97. The van der Waals surface area contributed by atoms with Crippen LogP contribution in [0.5, 0.6) is 0 Å². The molecule has 3 nitrogen and oxygen atoms in total. The molecule has 1 saturated heterocycles. The average Bonchev–Trinajstić information content (AvgIpc) is 2.07. The van der Waals surface area contributed by atoms with E-state index in [0.29, 0.717) is 0 Å². The van der Waals surface area contributed by atoms with E-state index in [9.17, 15) is 5.11 Å². The van der Waals surface area contributed by atoms with E-state index in [1.54, 1.807) is 0 Å². The lowest BCUT2D eigenvalue weighted by atomic mass is 10.1.